The third kappa shape index (κ3) is 5.61. The van der Waals surface area contributed by atoms with Gasteiger partial charge in [-0.15, -0.1) is 0 Å². The monoisotopic (exact) mass is 593 g/mol. The zero-order valence-corrected chi connectivity index (χ0v) is 22.6. The van der Waals surface area contributed by atoms with Crippen molar-refractivity contribution in [1.29, 1.82) is 0 Å². The molecule has 0 aromatic heterocycles. The number of hydrogen-bond donors (Lipinski definition) is 0. The van der Waals surface area contributed by atoms with Gasteiger partial charge in [0.1, 0.15) is 6.61 Å². The maximum absolute atomic E-state index is 13.1. The summed E-state index contributed by atoms with van der Waals surface area (Å²) in [5.74, 6) is 0.932. The third-order valence-corrected chi connectivity index (χ3v) is 7.30. The number of thioether (sulfide) groups is 1. The summed E-state index contributed by atoms with van der Waals surface area (Å²) < 4.78 is 13.1. The van der Waals surface area contributed by atoms with Crippen molar-refractivity contribution in [3.63, 3.8) is 0 Å². The molecule has 4 nitrogen and oxygen atoms in total. The summed E-state index contributed by atoms with van der Waals surface area (Å²) in [6, 6.07) is 18.3. The summed E-state index contributed by atoms with van der Waals surface area (Å²) in [5.41, 5.74) is 2.32. The molecule has 3 aromatic rings. The molecule has 0 N–H and O–H groups in total. The second-order valence-electron chi connectivity index (χ2n) is 7.14. The minimum atomic E-state index is -0.159. The number of carbonyl (C=O) groups excluding carboxylic acids is 1. The zero-order valence-electron chi connectivity index (χ0n) is 17.9. The first-order chi connectivity index (χ1) is 16.4. The van der Waals surface area contributed by atoms with Gasteiger partial charge in [-0.25, -0.2) is 0 Å². The lowest BCUT2D eigenvalue weighted by molar-refractivity contribution is -0.113. The lowest BCUT2D eigenvalue weighted by Gasteiger charge is -2.15. The van der Waals surface area contributed by atoms with E-state index in [9.17, 15) is 4.79 Å². The number of ether oxygens (including phenoxy) is 2. The van der Waals surface area contributed by atoms with E-state index in [-0.39, 0.29) is 12.5 Å². The second kappa shape index (κ2) is 11.1. The van der Waals surface area contributed by atoms with Gasteiger partial charge in [0.2, 0.25) is 0 Å². The molecule has 0 saturated carbocycles. The number of para-hydroxylation sites is 1. The highest BCUT2D eigenvalue weighted by Crippen LogP contribution is 2.41. The Morgan fingerprint density at radius 2 is 1.85 bits per heavy atom. The maximum atomic E-state index is 13.1. The van der Waals surface area contributed by atoms with Crippen molar-refractivity contribution in [2.75, 3.05) is 11.5 Å². The van der Waals surface area contributed by atoms with Crippen molar-refractivity contribution >= 4 is 85.1 Å². The topological polar surface area (TPSA) is 38.8 Å². The molecule has 0 atom stereocenters. The molecule has 4 rings (SSSR count). The van der Waals surface area contributed by atoms with Crippen molar-refractivity contribution in [2.45, 2.75) is 13.5 Å². The predicted molar refractivity (Wildman–Crippen MR) is 148 cm³/mol. The summed E-state index contributed by atoms with van der Waals surface area (Å²) in [6.07, 6.45) is 1.80. The molecule has 0 unspecified atom stereocenters. The van der Waals surface area contributed by atoms with Crippen molar-refractivity contribution in [3.8, 4) is 11.5 Å². The number of amides is 1. The Bertz CT molecular complexity index is 1280. The van der Waals surface area contributed by atoms with Crippen LogP contribution in [0, 0.1) is 0 Å². The van der Waals surface area contributed by atoms with Crippen LogP contribution in [-0.4, -0.2) is 16.8 Å². The molecule has 1 amide bonds. The first-order valence-corrected chi connectivity index (χ1v) is 13.0. The minimum Gasteiger partial charge on any atom is -0.490 e. The number of hydrogen-bond acceptors (Lipinski definition) is 5. The molecule has 1 aliphatic rings. The molecule has 1 aliphatic heterocycles. The molecule has 0 bridgehead atoms. The predicted octanol–water partition coefficient (Wildman–Crippen LogP) is 8.14. The summed E-state index contributed by atoms with van der Waals surface area (Å²) in [7, 11) is 0. The van der Waals surface area contributed by atoms with Crippen LogP contribution in [0.15, 0.2) is 70.0 Å². The zero-order chi connectivity index (χ0) is 24.2. The second-order valence-corrected chi connectivity index (χ2v) is 10.5. The quantitative estimate of drug-likeness (QED) is 0.204. The maximum Gasteiger partial charge on any atom is 0.270 e. The Kier molecular flexibility index (Phi) is 8.22. The van der Waals surface area contributed by atoms with E-state index < -0.39 is 0 Å². The summed E-state index contributed by atoms with van der Waals surface area (Å²) in [4.78, 5) is 15.1. The Labute approximate surface area is 226 Å². The van der Waals surface area contributed by atoms with E-state index in [0.717, 1.165) is 16.8 Å². The molecular formula is C25H18BrCl2NO3S2. The minimum absolute atomic E-state index is 0.159. The molecule has 3 aromatic carbocycles. The first kappa shape index (κ1) is 25.1. The largest absolute Gasteiger partial charge is 0.490 e. The normalized spacial score (nSPS) is 14.7. The van der Waals surface area contributed by atoms with Crippen LogP contribution in [0.25, 0.3) is 6.08 Å². The first-order valence-electron chi connectivity index (χ1n) is 10.2. The molecule has 1 saturated heterocycles. The lowest BCUT2D eigenvalue weighted by atomic mass is 10.1. The fourth-order valence-electron chi connectivity index (χ4n) is 3.28. The number of halogens is 3. The van der Waals surface area contributed by atoms with E-state index in [4.69, 9.17) is 44.9 Å². The highest BCUT2D eigenvalue weighted by molar-refractivity contribution is 9.10. The number of nitrogens with zero attached hydrogens (tertiary/aromatic N) is 1. The lowest BCUT2D eigenvalue weighted by Crippen LogP contribution is -2.27. The van der Waals surface area contributed by atoms with Crippen LogP contribution < -0.4 is 14.4 Å². The van der Waals surface area contributed by atoms with Crippen LogP contribution in [0.5, 0.6) is 11.5 Å². The molecule has 1 fully saturated rings. The molecule has 1 heterocycles. The molecular weight excluding hydrogens is 577 g/mol. The molecule has 0 aliphatic carbocycles. The van der Waals surface area contributed by atoms with Gasteiger partial charge in [-0.1, -0.05) is 71.4 Å². The van der Waals surface area contributed by atoms with Gasteiger partial charge in [0, 0.05) is 15.6 Å². The number of thiocarbonyl (C=S) groups is 1. The number of carbonyl (C=O) groups is 1. The number of benzene rings is 3. The van der Waals surface area contributed by atoms with Crippen LogP contribution >= 0.6 is 63.1 Å². The van der Waals surface area contributed by atoms with E-state index in [1.807, 2.05) is 55.5 Å². The van der Waals surface area contributed by atoms with E-state index >= 15 is 0 Å². The van der Waals surface area contributed by atoms with Crippen LogP contribution in [0.4, 0.5) is 5.69 Å². The fourth-order valence-corrected chi connectivity index (χ4v) is 5.62. The average Bonchev–Trinajstić information content (AvgIpc) is 3.08. The van der Waals surface area contributed by atoms with Gasteiger partial charge >= 0.3 is 0 Å². The third-order valence-electron chi connectivity index (χ3n) is 4.82. The van der Waals surface area contributed by atoms with Gasteiger partial charge < -0.3 is 9.47 Å². The number of rotatable bonds is 7. The van der Waals surface area contributed by atoms with Gasteiger partial charge in [-0.05, 0) is 70.9 Å². The van der Waals surface area contributed by atoms with Crippen LogP contribution in [0.1, 0.15) is 18.1 Å². The van der Waals surface area contributed by atoms with Gasteiger partial charge in [0.15, 0.2) is 15.8 Å². The van der Waals surface area contributed by atoms with E-state index in [1.165, 1.54) is 16.7 Å². The van der Waals surface area contributed by atoms with Crippen molar-refractivity contribution in [1.82, 2.24) is 0 Å². The highest BCUT2D eigenvalue weighted by atomic mass is 79.9. The molecule has 0 spiro atoms. The van der Waals surface area contributed by atoms with E-state index in [2.05, 4.69) is 15.9 Å². The Hall–Kier alpha value is -2.03. The van der Waals surface area contributed by atoms with Crippen LogP contribution in [0.3, 0.4) is 0 Å². The van der Waals surface area contributed by atoms with Gasteiger partial charge in [0.25, 0.3) is 5.91 Å². The van der Waals surface area contributed by atoms with Gasteiger partial charge in [-0.2, -0.15) is 0 Å². The fraction of sp³-hybridized carbons (Fsp3) is 0.120. The van der Waals surface area contributed by atoms with Crippen molar-refractivity contribution < 1.29 is 14.3 Å². The van der Waals surface area contributed by atoms with Crippen molar-refractivity contribution in [3.05, 3.63) is 91.2 Å². The SMILES string of the molecule is CCOc1cc(/C=C2/SC(=S)N(c3ccccc3)C2=O)cc(Br)c1OCc1ccc(Cl)cc1Cl. The average molecular weight is 595 g/mol. The highest BCUT2D eigenvalue weighted by Gasteiger charge is 2.33. The smallest absolute Gasteiger partial charge is 0.270 e. The molecule has 174 valence electrons. The summed E-state index contributed by atoms with van der Waals surface area (Å²) in [6.45, 7) is 2.58. The molecule has 0 radical (unpaired) electrons. The standard InChI is InChI=1S/C25H18BrCl2NO3S2/c1-2-31-21-11-15(10-19(26)23(21)32-14-16-8-9-17(27)13-20(16)28)12-22-24(30)29(25(33)34-22)18-6-4-3-5-7-18/h3-13H,2,14H2,1H3/b22-12+. The van der Waals surface area contributed by atoms with Crippen LogP contribution in [0.2, 0.25) is 10.0 Å². The van der Waals surface area contributed by atoms with Crippen LogP contribution in [-0.2, 0) is 11.4 Å². The van der Waals surface area contributed by atoms with E-state index in [0.29, 0.717) is 41.8 Å². The van der Waals surface area contributed by atoms with Gasteiger partial charge in [0.05, 0.1) is 21.7 Å². The summed E-state index contributed by atoms with van der Waals surface area (Å²) in [5, 5.41) is 1.09. The van der Waals surface area contributed by atoms with Gasteiger partial charge in [-0.3, -0.25) is 9.69 Å². The Balaban J connectivity index is 1.60. The molecule has 34 heavy (non-hydrogen) atoms. The Morgan fingerprint density at radius 1 is 1.09 bits per heavy atom. The molecule has 9 heteroatoms. The Morgan fingerprint density at radius 3 is 2.56 bits per heavy atom. The van der Waals surface area contributed by atoms with Crippen molar-refractivity contribution in [2.24, 2.45) is 0 Å². The summed E-state index contributed by atoms with van der Waals surface area (Å²) >= 11 is 22.6. The van der Waals surface area contributed by atoms with E-state index in [1.54, 1.807) is 18.2 Å². The number of anilines is 1.